The molecule has 0 aliphatic carbocycles. The van der Waals surface area contributed by atoms with Crippen molar-refractivity contribution in [3.63, 3.8) is 0 Å². The zero-order valence-corrected chi connectivity index (χ0v) is 15.2. The van der Waals surface area contributed by atoms with E-state index in [9.17, 15) is 4.79 Å². The molecule has 1 amide bonds. The molecule has 3 aromatic rings. The number of carbonyl (C=O) groups excluding carboxylic acids is 1. The SMILES string of the molecule is Cc1cc(CN2CCCN(C(=O)c3cc4sccc4s3)CC2)no1. The summed E-state index contributed by atoms with van der Waals surface area (Å²) < 4.78 is 7.56. The number of carbonyl (C=O) groups is 1. The Bertz CT molecular complexity index is 822. The molecule has 0 N–H and O–H groups in total. The first-order valence-electron chi connectivity index (χ1n) is 8.10. The molecule has 4 rings (SSSR count). The first-order valence-corrected chi connectivity index (χ1v) is 9.79. The van der Waals surface area contributed by atoms with Crippen molar-refractivity contribution in [3.8, 4) is 0 Å². The number of aryl methyl sites for hydroxylation is 1. The third kappa shape index (κ3) is 3.24. The van der Waals surface area contributed by atoms with Gasteiger partial charge in [-0.1, -0.05) is 5.16 Å². The lowest BCUT2D eigenvalue weighted by Crippen LogP contribution is -2.34. The molecular formula is C17H19N3O2S2. The van der Waals surface area contributed by atoms with Crippen LogP contribution in [0.5, 0.6) is 0 Å². The summed E-state index contributed by atoms with van der Waals surface area (Å²) in [5, 5.41) is 6.14. The Morgan fingerprint density at radius 1 is 1.25 bits per heavy atom. The molecule has 0 aromatic carbocycles. The van der Waals surface area contributed by atoms with Crippen molar-refractivity contribution in [2.45, 2.75) is 19.9 Å². The minimum absolute atomic E-state index is 0.169. The van der Waals surface area contributed by atoms with Crippen molar-refractivity contribution >= 4 is 38.0 Å². The van der Waals surface area contributed by atoms with Gasteiger partial charge in [-0.25, -0.2) is 0 Å². The molecule has 4 heterocycles. The highest BCUT2D eigenvalue weighted by Crippen LogP contribution is 2.30. The third-order valence-corrected chi connectivity index (χ3v) is 6.37. The highest BCUT2D eigenvalue weighted by Gasteiger charge is 2.22. The number of thiophene rings is 2. The van der Waals surface area contributed by atoms with Crippen LogP contribution in [0.2, 0.25) is 0 Å². The first-order chi connectivity index (χ1) is 11.7. The van der Waals surface area contributed by atoms with Crippen molar-refractivity contribution < 1.29 is 9.32 Å². The zero-order chi connectivity index (χ0) is 16.5. The van der Waals surface area contributed by atoms with Crippen LogP contribution in [0, 0.1) is 6.92 Å². The molecule has 1 aliphatic rings. The Morgan fingerprint density at radius 3 is 2.96 bits per heavy atom. The Labute approximate surface area is 148 Å². The third-order valence-electron chi connectivity index (χ3n) is 4.29. The van der Waals surface area contributed by atoms with Gasteiger partial charge in [0, 0.05) is 48.2 Å². The first kappa shape index (κ1) is 15.8. The monoisotopic (exact) mass is 361 g/mol. The van der Waals surface area contributed by atoms with Crippen LogP contribution in [0.25, 0.3) is 9.40 Å². The number of aromatic nitrogens is 1. The molecule has 1 aliphatic heterocycles. The van der Waals surface area contributed by atoms with Gasteiger partial charge in [0.25, 0.3) is 5.91 Å². The summed E-state index contributed by atoms with van der Waals surface area (Å²) in [5.41, 5.74) is 0.964. The predicted molar refractivity (Wildman–Crippen MR) is 96.7 cm³/mol. The van der Waals surface area contributed by atoms with E-state index in [1.54, 1.807) is 22.7 Å². The fourth-order valence-electron chi connectivity index (χ4n) is 3.08. The molecule has 0 spiro atoms. The van der Waals surface area contributed by atoms with Gasteiger partial charge in [-0.3, -0.25) is 9.69 Å². The van der Waals surface area contributed by atoms with Gasteiger partial charge in [-0.15, -0.1) is 22.7 Å². The van der Waals surface area contributed by atoms with Crippen LogP contribution in [-0.2, 0) is 6.54 Å². The van der Waals surface area contributed by atoms with E-state index in [4.69, 9.17) is 4.52 Å². The van der Waals surface area contributed by atoms with Crippen LogP contribution in [0.1, 0.15) is 27.5 Å². The lowest BCUT2D eigenvalue weighted by molar-refractivity contribution is 0.0766. The van der Waals surface area contributed by atoms with Crippen LogP contribution < -0.4 is 0 Å². The van der Waals surface area contributed by atoms with Gasteiger partial charge in [0.05, 0.1) is 10.6 Å². The fourth-order valence-corrected chi connectivity index (χ4v) is 5.16. The molecule has 0 radical (unpaired) electrons. The number of nitrogens with zero attached hydrogens (tertiary/aromatic N) is 3. The molecular weight excluding hydrogens is 342 g/mol. The van der Waals surface area contributed by atoms with Gasteiger partial charge >= 0.3 is 0 Å². The summed E-state index contributed by atoms with van der Waals surface area (Å²) in [6.07, 6.45) is 0.988. The molecule has 24 heavy (non-hydrogen) atoms. The largest absolute Gasteiger partial charge is 0.361 e. The highest BCUT2D eigenvalue weighted by atomic mass is 32.1. The van der Waals surface area contributed by atoms with Gasteiger partial charge in [-0.2, -0.15) is 0 Å². The summed E-state index contributed by atoms with van der Waals surface area (Å²) >= 11 is 3.30. The quantitative estimate of drug-likeness (QED) is 0.715. The topological polar surface area (TPSA) is 49.6 Å². The van der Waals surface area contributed by atoms with Gasteiger partial charge in [0.15, 0.2) is 0 Å². The fraction of sp³-hybridized carbons (Fsp3) is 0.412. The number of hydrogen-bond acceptors (Lipinski definition) is 6. The Hall–Kier alpha value is -1.70. The van der Waals surface area contributed by atoms with E-state index in [1.807, 2.05) is 24.0 Å². The van der Waals surface area contributed by atoms with Crippen LogP contribution in [0.15, 0.2) is 28.1 Å². The van der Waals surface area contributed by atoms with Crippen LogP contribution in [0.4, 0.5) is 0 Å². The standard InChI is InChI=1S/C17H19N3O2S2/c1-12-9-13(18-22-12)11-19-4-2-5-20(7-6-19)17(21)16-10-15-14(24-16)3-8-23-15/h3,8-10H,2,4-7,11H2,1H3. The van der Waals surface area contributed by atoms with Crippen LogP contribution in [-0.4, -0.2) is 47.0 Å². The molecule has 0 unspecified atom stereocenters. The summed E-state index contributed by atoms with van der Waals surface area (Å²) in [6.45, 7) is 6.13. The molecule has 5 nitrogen and oxygen atoms in total. The van der Waals surface area contributed by atoms with Crippen molar-refractivity contribution in [1.82, 2.24) is 15.0 Å². The molecule has 7 heteroatoms. The lowest BCUT2D eigenvalue weighted by atomic mass is 10.3. The second kappa shape index (κ2) is 6.66. The molecule has 0 saturated carbocycles. The van der Waals surface area contributed by atoms with E-state index in [-0.39, 0.29) is 5.91 Å². The number of amides is 1. The predicted octanol–water partition coefficient (Wildman–Crippen LogP) is 3.61. The average Bonchev–Trinajstić information content (AvgIpc) is 3.21. The van der Waals surface area contributed by atoms with E-state index < -0.39 is 0 Å². The summed E-state index contributed by atoms with van der Waals surface area (Å²) in [4.78, 5) is 18.0. The molecule has 1 fully saturated rings. The van der Waals surface area contributed by atoms with Crippen LogP contribution in [0.3, 0.4) is 0 Å². The van der Waals surface area contributed by atoms with Crippen LogP contribution >= 0.6 is 22.7 Å². The van der Waals surface area contributed by atoms with E-state index in [2.05, 4.69) is 21.5 Å². The van der Waals surface area contributed by atoms with Crippen molar-refractivity contribution in [1.29, 1.82) is 0 Å². The lowest BCUT2D eigenvalue weighted by Gasteiger charge is -2.20. The molecule has 0 bridgehead atoms. The van der Waals surface area contributed by atoms with E-state index in [0.29, 0.717) is 0 Å². The Morgan fingerprint density at radius 2 is 2.17 bits per heavy atom. The van der Waals surface area contributed by atoms with Crippen molar-refractivity contribution in [3.05, 3.63) is 39.9 Å². The number of rotatable bonds is 3. The van der Waals surface area contributed by atoms with Gasteiger partial charge < -0.3 is 9.42 Å². The van der Waals surface area contributed by atoms with Crippen molar-refractivity contribution in [2.75, 3.05) is 26.2 Å². The summed E-state index contributed by atoms with van der Waals surface area (Å²) in [6, 6.07) is 6.10. The van der Waals surface area contributed by atoms with Gasteiger partial charge in [0.1, 0.15) is 5.76 Å². The maximum absolute atomic E-state index is 12.8. The second-order valence-electron chi connectivity index (χ2n) is 6.11. The smallest absolute Gasteiger partial charge is 0.264 e. The maximum Gasteiger partial charge on any atom is 0.264 e. The maximum atomic E-state index is 12.8. The van der Waals surface area contributed by atoms with E-state index in [0.717, 1.165) is 55.5 Å². The minimum Gasteiger partial charge on any atom is -0.361 e. The molecule has 1 saturated heterocycles. The van der Waals surface area contributed by atoms with Gasteiger partial charge in [0.2, 0.25) is 0 Å². The molecule has 3 aromatic heterocycles. The minimum atomic E-state index is 0.169. The second-order valence-corrected chi connectivity index (χ2v) is 8.14. The number of hydrogen-bond donors (Lipinski definition) is 0. The normalized spacial score (nSPS) is 16.6. The Balaban J connectivity index is 1.40. The highest BCUT2D eigenvalue weighted by molar-refractivity contribution is 7.27. The number of fused-ring (bicyclic) bond motifs is 1. The van der Waals surface area contributed by atoms with E-state index in [1.165, 1.54) is 9.40 Å². The molecule has 0 atom stereocenters. The Kier molecular flexibility index (Phi) is 4.39. The summed E-state index contributed by atoms with van der Waals surface area (Å²) in [7, 11) is 0. The van der Waals surface area contributed by atoms with Gasteiger partial charge in [-0.05, 0) is 30.9 Å². The van der Waals surface area contributed by atoms with Crippen molar-refractivity contribution in [2.24, 2.45) is 0 Å². The molecule has 126 valence electrons. The zero-order valence-electron chi connectivity index (χ0n) is 13.5. The summed E-state index contributed by atoms with van der Waals surface area (Å²) in [5.74, 6) is 1.01. The van der Waals surface area contributed by atoms with E-state index >= 15 is 0 Å². The average molecular weight is 361 g/mol.